The number of hydrogen-bond acceptors (Lipinski definition) is 3. The fourth-order valence-electron chi connectivity index (χ4n) is 2.33. The summed E-state index contributed by atoms with van der Waals surface area (Å²) in [6.45, 7) is 6.70. The lowest BCUT2D eigenvalue weighted by Crippen LogP contribution is -2.41. The number of carbonyl (C=O) groups excluding carboxylic acids is 3. The third-order valence-electron chi connectivity index (χ3n) is 3.79. The van der Waals surface area contributed by atoms with Gasteiger partial charge in [-0.15, -0.1) is 0 Å². The number of carbonyl (C=O) groups is 3. The van der Waals surface area contributed by atoms with Crippen LogP contribution in [0.3, 0.4) is 0 Å². The second-order valence-electron chi connectivity index (χ2n) is 6.69. The Morgan fingerprint density at radius 2 is 1.87 bits per heavy atom. The Labute approximate surface area is 136 Å². The number of amides is 4. The quantitative estimate of drug-likeness (QED) is 0.801. The molecule has 0 spiro atoms. The van der Waals surface area contributed by atoms with E-state index in [1.807, 2.05) is 0 Å². The minimum absolute atomic E-state index is 0.0355. The zero-order valence-corrected chi connectivity index (χ0v) is 13.8. The molecule has 0 atom stereocenters. The van der Waals surface area contributed by atoms with Crippen LogP contribution in [0, 0.1) is 0 Å². The van der Waals surface area contributed by atoms with Gasteiger partial charge in [0.05, 0.1) is 6.54 Å². The van der Waals surface area contributed by atoms with E-state index in [-0.39, 0.29) is 30.3 Å². The number of nitrogens with zero attached hydrogens (tertiary/aromatic N) is 1. The fraction of sp³-hybridized carbons (Fsp3) is 0.471. The third-order valence-corrected chi connectivity index (χ3v) is 3.79. The summed E-state index contributed by atoms with van der Waals surface area (Å²) in [7, 11) is 0. The number of imide groups is 1. The van der Waals surface area contributed by atoms with Crippen molar-refractivity contribution in [2.24, 2.45) is 0 Å². The number of urea groups is 1. The monoisotopic (exact) mass is 317 g/mol. The van der Waals surface area contributed by atoms with Gasteiger partial charge in [0.1, 0.15) is 6.54 Å². The summed E-state index contributed by atoms with van der Waals surface area (Å²) < 4.78 is 0. The molecule has 1 aromatic rings. The first-order valence-corrected chi connectivity index (χ1v) is 7.71. The number of rotatable bonds is 5. The topological polar surface area (TPSA) is 78.5 Å². The van der Waals surface area contributed by atoms with Crippen molar-refractivity contribution in [3.05, 3.63) is 35.4 Å². The minimum atomic E-state index is -0.511. The van der Waals surface area contributed by atoms with Gasteiger partial charge in [-0.2, -0.15) is 0 Å². The minimum Gasteiger partial charge on any atom is -0.354 e. The van der Waals surface area contributed by atoms with E-state index < -0.39 is 6.03 Å². The predicted molar refractivity (Wildman–Crippen MR) is 87.0 cm³/mol. The summed E-state index contributed by atoms with van der Waals surface area (Å²) in [6, 6.07) is 7.81. The zero-order valence-electron chi connectivity index (χ0n) is 13.8. The molecule has 6 nitrogen and oxygen atoms in total. The molecule has 124 valence electrons. The molecule has 1 fully saturated rings. The molecule has 0 unspecified atom stereocenters. The molecule has 0 radical (unpaired) electrons. The molecule has 1 aliphatic rings. The van der Waals surface area contributed by atoms with Crippen LogP contribution in [0.15, 0.2) is 24.3 Å². The van der Waals surface area contributed by atoms with Gasteiger partial charge in [-0.1, -0.05) is 45.0 Å². The molecule has 4 amide bonds. The summed E-state index contributed by atoms with van der Waals surface area (Å²) in [5.74, 6) is -0.704. The molecule has 1 heterocycles. The van der Waals surface area contributed by atoms with E-state index in [4.69, 9.17) is 0 Å². The van der Waals surface area contributed by atoms with E-state index in [0.717, 1.165) is 10.5 Å². The summed E-state index contributed by atoms with van der Waals surface area (Å²) >= 11 is 0. The average Bonchev–Trinajstić information content (AvgIpc) is 2.79. The van der Waals surface area contributed by atoms with Gasteiger partial charge in [-0.05, 0) is 23.0 Å². The van der Waals surface area contributed by atoms with Gasteiger partial charge < -0.3 is 10.6 Å². The lowest BCUT2D eigenvalue weighted by molar-refractivity contribution is -0.130. The zero-order chi connectivity index (χ0) is 17.0. The highest BCUT2D eigenvalue weighted by molar-refractivity contribution is 6.04. The lowest BCUT2D eigenvalue weighted by atomic mass is 9.86. The highest BCUT2D eigenvalue weighted by atomic mass is 16.2. The SMILES string of the molecule is CC(C)(C)c1ccc(CCNC(=O)CN2C(=O)CNC2=O)cc1. The normalized spacial score (nSPS) is 14.8. The van der Waals surface area contributed by atoms with Crippen molar-refractivity contribution in [1.82, 2.24) is 15.5 Å². The Bertz CT molecular complexity index is 587. The molecule has 0 aliphatic carbocycles. The predicted octanol–water partition coefficient (Wildman–Crippen LogP) is 1.19. The van der Waals surface area contributed by atoms with Crippen LogP contribution in [-0.2, 0) is 21.4 Å². The third kappa shape index (κ3) is 4.55. The second-order valence-corrected chi connectivity index (χ2v) is 6.69. The van der Waals surface area contributed by atoms with Crippen LogP contribution >= 0.6 is 0 Å². The summed E-state index contributed by atoms with van der Waals surface area (Å²) in [6.07, 6.45) is 0.705. The highest BCUT2D eigenvalue weighted by Gasteiger charge is 2.29. The standard InChI is InChI=1S/C17H23N3O3/c1-17(2,3)13-6-4-12(5-7-13)8-9-18-14(21)11-20-15(22)10-19-16(20)23/h4-7H,8-11H2,1-3H3,(H,18,21)(H,19,23). The van der Waals surface area contributed by atoms with Crippen LogP contribution in [0.2, 0.25) is 0 Å². The molecule has 0 bridgehead atoms. The van der Waals surface area contributed by atoms with Crippen LogP contribution in [0.25, 0.3) is 0 Å². The number of hydrogen-bond donors (Lipinski definition) is 2. The first-order chi connectivity index (χ1) is 10.8. The Kier molecular flexibility index (Phi) is 5.03. The first-order valence-electron chi connectivity index (χ1n) is 7.71. The van der Waals surface area contributed by atoms with Gasteiger partial charge in [0.2, 0.25) is 5.91 Å². The van der Waals surface area contributed by atoms with Gasteiger partial charge in [0, 0.05) is 6.54 Å². The molecule has 2 rings (SSSR count). The van der Waals surface area contributed by atoms with Crippen molar-refractivity contribution in [3.8, 4) is 0 Å². The maximum absolute atomic E-state index is 11.8. The molecule has 1 saturated heterocycles. The largest absolute Gasteiger partial charge is 0.354 e. The summed E-state index contributed by atoms with van der Waals surface area (Å²) in [5.41, 5.74) is 2.52. The van der Waals surface area contributed by atoms with Gasteiger partial charge in [0.15, 0.2) is 0 Å². The van der Waals surface area contributed by atoms with Crippen molar-refractivity contribution in [2.45, 2.75) is 32.6 Å². The fourth-order valence-corrected chi connectivity index (χ4v) is 2.33. The van der Waals surface area contributed by atoms with E-state index in [1.165, 1.54) is 5.56 Å². The molecule has 1 aliphatic heterocycles. The smallest absolute Gasteiger partial charge is 0.325 e. The van der Waals surface area contributed by atoms with Gasteiger partial charge in [-0.25, -0.2) is 4.79 Å². The van der Waals surface area contributed by atoms with Crippen LogP contribution in [0.1, 0.15) is 31.9 Å². The molecule has 2 N–H and O–H groups in total. The van der Waals surface area contributed by atoms with Crippen LogP contribution in [0.5, 0.6) is 0 Å². The maximum atomic E-state index is 11.8. The van der Waals surface area contributed by atoms with E-state index in [1.54, 1.807) is 0 Å². The van der Waals surface area contributed by atoms with Crippen molar-refractivity contribution in [1.29, 1.82) is 0 Å². The van der Waals surface area contributed by atoms with Crippen molar-refractivity contribution in [3.63, 3.8) is 0 Å². The molecule has 0 saturated carbocycles. The lowest BCUT2D eigenvalue weighted by Gasteiger charge is -2.19. The Morgan fingerprint density at radius 1 is 1.22 bits per heavy atom. The van der Waals surface area contributed by atoms with Crippen molar-refractivity contribution >= 4 is 17.8 Å². The highest BCUT2D eigenvalue weighted by Crippen LogP contribution is 2.22. The van der Waals surface area contributed by atoms with Gasteiger partial charge >= 0.3 is 6.03 Å². The molecule has 6 heteroatoms. The van der Waals surface area contributed by atoms with Gasteiger partial charge in [0.25, 0.3) is 5.91 Å². The van der Waals surface area contributed by atoms with E-state index >= 15 is 0 Å². The van der Waals surface area contributed by atoms with Crippen LogP contribution in [-0.4, -0.2) is 42.4 Å². The molecule has 23 heavy (non-hydrogen) atoms. The Hall–Kier alpha value is -2.37. The van der Waals surface area contributed by atoms with E-state index in [2.05, 4.69) is 55.7 Å². The second kappa shape index (κ2) is 6.81. The average molecular weight is 317 g/mol. The van der Waals surface area contributed by atoms with E-state index in [9.17, 15) is 14.4 Å². The molecular weight excluding hydrogens is 294 g/mol. The van der Waals surface area contributed by atoms with Crippen LogP contribution < -0.4 is 10.6 Å². The Morgan fingerprint density at radius 3 is 2.39 bits per heavy atom. The van der Waals surface area contributed by atoms with Crippen molar-refractivity contribution < 1.29 is 14.4 Å². The van der Waals surface area contributed by atoms with Gasteiger partial charge in [-0.3, -0.25) is 14.5 Å². The number of benzene rings is 1. The molecule has 1 aromatic carbocycles. The maximum Gasteiger partial charge on any atom is 0.325 e. The summed E-state index contributed by atoms with van der Waals surface area (Å²) in [5, 5.41) is 5.11. The van der Waals surface area contributed by atoms with Crippen molar-refractivity contribution in [2.75, 3.05) is 19.6 Å². The Balaban J connectivity index is 1.77. The summed E-state index contributed by atoms with van der Waals surface area (Å²) in [4.78, 5) is 35.4. The first kappa shape index (κ1) is 17.0. The molecule has 0 aromatic heterocycles. The van der Waals surface area contributed by atoms with E-state index in [0.29, 0.717) is 13.0 Å². The number of nitrogens with one attached hydrogen (secondary N) is 2. The van der Waals surface area contributed by atoms with Crippen LogP contribution in [0.4, 0.5) is 4.79 Å². The molecular formula is C17H23N3O3.